The van der Waals surface area contributed by atoms with E-state index in [2.05, 4.69) is 22.6 Å². The monoisotopic (exact) mass is 322 g/mol. The van der Waals surface area contributed by atoms with E-state index in [0.29, 0.717) is 5.41 Å². The number of fused-ring (bicyclic) bond motifs is 1. The number of nitrogens with one attached hydrogen (secondary N) is 1. The third kappa shape index (κ3) is 3.34. The summed E-state index contributed by atoms with van der Waals surface area (Å²) in [7, 11) is 1.69. The van der Waals surface area contributed by atoms with E-state index >= 15 is 0 Å². The van der Waals surface area contributed by atoms with Crippen LogP contribution in [0.2, 0.25) is 0 Å². The van der Waals surface area contributed by atoms with Gasteiger partial charge in [0, 0.05) is 11.8 Å². The molecule has 1 heterocycles. The number of aromatic amines is 1. The van der Waals surface area contributed by atoms with Crippen molar-refractivity contribution in [2.45, 2.75) is 37.3 Å². The van der Waals surface area contributed by atoms with Crippen LogP contribution in [0.15, 0.2) is 23.4 Å². The SMILES string of the molecule is COc1ccc2nc(SCC3(CS)CCCCC3)[nH]c2c1. The quantitative estimate of drug-likeness (QED) is 0.627. The second-order valence-corrected chi connectivity index (χ2v) is 7.21. The van der Waals surface area contributed by atoms with Gasteiger partial charge in [-0.15, -0.1) is 0 Å². The van der Waals surface area contributed by atoms with Gasteiger partial charge in [0.05, 0.1) is 18.1 Å². The second-order valence-electron chi connectivity index (χ2n) is 5.93. The number of imidazole rings is 1. The summed E-state index contributed by atoms with van der Waals surface area (Å²) in [5.74, 6) is 2.95. The standard InChI is InChI=1S/C16H22N2OS2/c1-19-12-5-6-13-14(9-12)18-15(17-13)21-11-16(10-20)7-3-2-4-8-16/h5-6,9,20H,2-4,7-8,10-11H2,1H3,(H,17,18). The van der Waals surface area contributed by atoms with Crippen molar-refractivity contribution in [1.82, 2.24) is 9.97 Å². The molecular weight excluding hydrogens is 300 g/mol. The molecule has 0 saturated heterocycles. The summed E-state index contributed by atoms with van der Waals surface area (Å²) >= 11 is 6.44. The van der Waals surface area contributed by atoms with Gasteiger partial charge in [0.15, 0.2) is 5.16 Å². The Morgan fingerprint density at radius 1 is 1.33 bits per heavy atom. The number of ether oxygens (including phenoxy) is 1. The second kappa shape index (κ2) is 6.53. The minimum absolute atomic E-state index is 0.392. The van der Waals surface area contributed by atoms with E-state index in [1.807, 2.05) is 30.0 Å². The minimum Gasteiger partial charge on any atom is -0.497 e. The van der Waals surface area contributed by atoms with Crippen molar-refractivity contribution in [2.24, 2.45) is 5.41 Å². The zero-order valence-corrected chi connectivity index (χ0v) is 14.1. The molecule has 1 aromatic carbocycles. The van der Waals surface area contributed by atoms with E-state index in [1.165, 1.54) is 32.1 Å². The molecule has 1 aliphatic carbocycles. The first kappa shape index (κ1) is 15.1. The number of hydrogen-bond donors (Lipinski definition) is 2. The third-order valence-corrected chi connectivity index (χ3v) is 6.33. The first-order valence-corrected chi connectivity index (χ1v) is 9.14. The predicted molar refractivity (Wildman–Crippen MR) is 92.7 cm³/mol. The number of nitrogens with zero attached hydrogens (tertiary/aromatic N) is 1. The molecule has 1 fully saturated rings. The number of hydrogen-bond acceptors (Lipinski definition) is 4. The van der Waals surface area contributed by atoms with Crippen molar-refractivity contribution in [3.63, 3.8) is 0 Å². The van der Waals surface area contributed by atoms with E-state index in [1.54, 1.807) is 7.11 Å². The lowest BCUT2D eigenvalue weighted by Crippen LogP contribution is -2.28. The van der Waals surface area contributed by atoms with E-state index < -0.39 is 0 Å². The van der Waals surface area contributed by atoms with Gasteiger partial charge in [0.25, 0.3) is 0 Å². The van der Waals surface area contributed by atoms with Crippen LogP contribution in [0.4, 0.5) is 0 Å². The summed E-state index contributed by atoms with van der Waals surface area (Å²) < 4.78 is 5.26. The van der Waals surface area contributed by atoms with Gasteiger partial charge in [0.1, 0.15) is 5.75 Å². The van der Waals surface area contributed by atoms with E-state index in [9.17, 15) is 0 Å². The molecule has 0 aliphatic heterocycles. The Kier molecular flexibility index (Phi) is 4.69. The van der Waals surface area contributed by atoms with Crippen LogP contribution in [-0.4, -0.2) is 28.6 Å². The van der Waals surface area contributed by atoms with Crippen LogP contribution < -0.4 is 4.74 Å². The highest BCUT2D eigenvalue weighted by Crippen LogP contribution is 2.41. The highest BCUT2D eigenvalue weighted by atomic mass is 32.2. The molecule has 0 atom stereocenters. The minimum atomic E-state index is 0.392. The molecule has 3 nitrogen and oxygen atoms in total. The Bertz CT molecular complexity index is 605. The summed E-state index contributed by atoms with van der Waals surface area (Å²) in [5.41, 5.74) is 2.44. The molecule has 5 heteroatoms. The van der Waals surface area contributed by atoms with Crippen molar-refractivity contribution in [1.29, 1.82) is 0 Å². The van der Waals surface area contributed by atoms with Gasteiger partial charge in [-0.05, 0) is 36.1 Å². The van der Waals surface area contributed by atoms with Gasteiger partial charge >= 0.3 is 0 Å². The first-order chi connectivity index (χ1) is 10.2. The lowest BCUT2D eigenvalue weighted by atomic mass is 9.77. The molecule has 0 unspecified atom stereocenters. The number of benzene rings is 1. The zero-order chi connectivity index (χ0) is 14.7. The maximum absolute atomic E-state index is 5.26. The van der Waals surface area contributed by atoms with Gasteiger partial charge in [-0.2, -0.15) is 12.6 Å². The van der Waals surface area contributed by atoms with Crippen LogP contribution in [0.1, 0.15) is 32.1 Å². The van der Waals surface area contributed by atoms with Gasteiger partial charge in [-0.1, -0.05) is 31.0 Å². The summed E-state index contributed by atoms with van der Waals surface area (Å²) in [6.45, 7) is 0. The molecule has 0 spiro atoms. The Morgan fingerprint density at radius 2 is 2.14 bits per heavy atom. The molecule has 2 aromatic rings. The van der Waals surface area contributed by atoms with E-state index in [-0.39, 0.29) is 0 Å². The van der Waals surface area contributed by atoms with Crippen LogP contribution >= 0.6 is 24.4 Å². The van der Waals surface area contributed by atoms with Crippen molar-refractivity contribution in [3.05, 3.63) is 18.2 Å². The highest BCUT2D eigenvalue weighted by molar-refractivity contribution is 7.99. The lowest BCUT2D eigenvalue weighted by molar-refractivity contribution is 0.258. The van der Waals surface area contributed by atoms with E-state index in [4.69, 9.17) is 4.74 Å². The topological polar surface area (TPSA) is 37.9 Å². The molecule has 21 heavy (non-hydrogen) atoms. The van der Waals surface area contributed by atoms with Gasteiger partial charge < -0.3 is 9.72 Å². The van der Waals surface area contributed by atoms with Crippen molar-refractivity contribution in [3.8, 4) is 5.75 Å². The van der Waals surface area contributed by atoms with Crippen LogP contribution in [0, 0.1) is 5.41 Å². The van der Waals surface area contributed by atoms with Crippen LogP contribution in [0.25, 0.3) is 11.0 Å². The van der Waals surface area contributed by atoms with Crippen molar-refractivity contribution >= 4 is 35.4 Å². The van der Waals surface area contributed by atoms with Gasteiger partial charge in [0.2, 0.25) is 0 Å². The number of aromatic nitrogens is 2. The molecule has 1 saturated carbocycles. The summed E-state index contributed by atoms with van der Waals surface area (Å²) in [6, 6.07) is 5.96. The largest absolute Gasteiger partial charge is 0.497 e. The lowest BCUT2D eigenvalue weighted by Gasteiger charge is -2.35. The summed E-state index contributed by atoms with van der Waals surface area (Å²) in [6.07, 6.45) is 6.68. The summed E-state index contributed by atoms with van der Waals surface area (Å²) in [5, 5.41) is 1.00. The molecule has 1 N–H and O–H groups in total. The van der Waals surface area contributed by atoms with E-state index in [0.717, 1.165) is 33.4 Å². The average molecular weight is 322 g/mol. The van der Waals surface area contributed by atoms with Crippen LogP contribution in [-0.2, 0) is 0 Å². The Balaban J connectivity index is 1.72. The third-order valence-electron chi connectivity index (χ3n) is 4.43. The normalized spacial score (nSPS) is 18.0. The van der Waals surface area contributed by atoms with Crippen LogP contribution in [0.3, 0.4) is 0 Å². The number of methoxy groups -OCH3 is 1. The van der Waals surface area contributed by atoms with Gasteiger partial charge in [-0.3, -0.25) is 0 Å². The molecule has 0 amide bonds. The molecule has 0 bridgehead atoms. The van der Waals surface area contributed by atoms with Crippen LogP contribution in [0.5, 0.6) is 5.75 Å². The maximum Gasteiger partial charge on any atom is 0.166 e. The average Bonchev–Trinajstić information content (AvgIpc) is 2.95. The molecule has 114 valence electrons. The Hall–Kier alpha value is -0.810. The zero-order valence-electron chi connectivity index (χ0n) is 12.4. The fraction of sp³-hybridized carbons (Fsp3) is 0.562. The molecule has 0 radical (unpaired) electrons. The Labute approximate surface area is 135 Å². The predicted octanol–water partition coefficient (Wildman–Crippen LogP) is 4.54. The van der Waals surface area contributed by atoms with Crippen molar-refractivity contribution in [2.75, 3.05) is 18.6 Å². The maximum atomic E-state index is 5.26. The molecule has 1 aromatic heterocycles. The summed E-state index contributed by atoms with van der Waals surface area (Å²) in [4.78, 5) is 8.06. The fourth-order valence-electron chi connectivity index (χ4n) is 3.03. The number of thioether (sulfide) groups is 1. The molecule has 3 rings (SSSR count). The molecule has 1 aliphatic rings. The molecular formula is C16H22N2OS2. The Morgan fingerprint density at radius 3 is 2.86 bits per heavy atom. The highest BCUT2D eigenvalue weighted by Gasteiger charge is 2.31. The number of thiol groups is 1. The first-order valence-electron chi connectivity index (χ1n) is 7.52. The van der Waals surface area contributed by atoms with Gasteiger partial charge in [-0.25, -0.2) is 4.98 Å². The number of rotatable bonds is 5. The number of H-pyrrole nitrogens is 1. The smallest absolute Gasteiger partial charge is 0.166 e. The van der Waals surface area contributed by atoms with Crippen molar-refractivity contribution < 1.29 is 4.74 Å². The fourth-order valence-corrected chi connectivity index (χ4v) is 4.79.